The van der Waals surface area contributed by atoms with Crippen LogP contribution in [0, 0.1) is 27.7 Å². The maximum atomic E-state index is 6.21. The second-order valence-corrected chi connectivity index (χ2v) is 9.86. The number of benzene rings is 2. The van der Waals surface area contributed by atoms with Crippen molar-refractivity contribution in [3.8, 4) is 11.5 Å². The zero-order chi connectivity index (χ0) is 22.4. The summed E-state index contributed by atoms with van der Waals surface area (Å²) in [5, 5.41) is 0. The number of aromatic nitrogens is 1. The molecule has 0 radical (unpaired) electrons. The Morgan fingerprint density at radius 3 is 2.00 bits per heavy atom. The second kappa shape index (κ2) is 11.0. The van der Waals surface area contributed by atoms with Gasteiger partial charge in [-0.15, -0.1) is 0 Å². The fraction of sp³-hybridized carbons (Fsp3) is 0.346. The van der Waals surface area contributed by atoms with Crippen LogP contribution in [0.1, 0.15) is 39.1 Å². The number of hydrogen-bond acceptors (Lipinski definition) is 4. The minimum absolute atomic E-state index is 0.759. The second-order valence-electron chi connectivity index (χ2n) is 8.12. The van der Waals surface area contributed by atoms with Gasteiger partial charge in [-0.3, -0.25) is 0 Å². The van der Waals surface area contributed by atoms with Gasteiger partial charge in [-0.25, -0.2) is 0 Å². The van der Waals surface area contributed by atoms with Crippen LogP contribution in [0.3, 0.4) is 0 Å². The van der Waals surface area contributed by atoms with Gasteiger partial charge in [-0.05, 0) is 0 Å². The van der Waals surface area contributed by atoms with E-state index in [2.05, 4.69) is 72.9 Å². The van der Waals surface area contributed by atoms with E-state index in [1.54, 1.807) is 7.11 Å². The molecule has 0 spiro atoms. The Kier molecular flexibility index (Phi) is 8.38. The van der Waals surface area contributed by atoms with Crippen molar-refractivity contribution in [2.45, 2.75) is 52.3 Å². The molecule has 4 nitrogen and oxygen atoms in total. The van der Waals surface area contributed by atoms with Gasteiger partial charge < -0.3 is 0 Å². The van der Waals surface area contributed by atoms with Crippen LogP contribution >= 0.6 is 0 Å². The zero-order valence-corrected chi connectivity index (χ0v) is 22.3. The Morgan fingerprint density at radius 2 is 1.45 bits per heavy atom. The Hall–Kier alpha value is -2.05. The molecule has 1 aromatic heterocycles. The van der Waals surface area contributed by atoms with Gasteiger partial charge in [0.05, 0.1) is 0 Å². The molecule has 0 aliphatic heterocycles. The van der Waals surface area contributed by atoms with Gasteiger partial charge in [0.2, 0.25) is 0 Å². The molecule has 0 fully saturated rings. The molecule has 0 saturated carbocycles. The average molecular weight is 523 g/mol. The summed E-state index contributed by atoms with van der Waals surface area (Å²) >= 11 is -0.831. The van der Waals surface area contributed by atoms with E-state index in [9.17, 15) is 0 Å². The average Bonchev–Trinajstić information content (AvgIpc) is 2.71. The first-order valence-electron chi connectivity index (χ1n) is 10.6. The molecule has 5 heteroatoms. The molecule has 0 amide bonds. The minimum atomic E-state index is -0.831. The van der Waals surface area contributed by atoms with Crippen molar-refractivity contribution in [1.29, 1.82) is 0 Å². The van der Waals surface area contributed by atoms with E-state index in [-0.39, 0.29) is 0 Å². The summed E-state index contributed by atoms with van der Waals surface area (Å²) < 4.78 is 12.0. The van der Waals surface area contributed by atoms with Crippen molar-refractivity contribution in [1.82, 2.24) is 9.88 Å². The van der Waals surface area contributed by atoms with E-state index in [0.717, 1.165) is 36.8 Å². The zero-order valence-electron chi connectivity index (χ0n) is 19.5. The van der Waals surface area contributed by atoms with E-state index in [4.69, 9.17) is 7.81 Å². The predicted octanol–water partition coefficient (Wildman–Crippen LogP) is 5.57. The number of aryl methyl sites for hydroxylation is 4. The fourth-order valence-corrected chi connectivity index (χ4v) is 5.65. The van der Waals surface area contributed by atoms with Gasteiger partial charge in [0, 0.05) is 0 Å². The van der Waals surface area contributed by atoms with Crippen molar-refractivity contribution in [3.63, 3.8) is 0 Å². The summed E-state index contributed by atoms with van der Waals surface area (Å²) in [5.74, 6) is 2.04. The van der Waals surface area contributed by atoms with Crippen LogP contribution in [0.15, 0.2) is 48.7 Å². The van der Waals surface area contributed by atoms with Crippen LogP contribution in [0.25, 0.3) is 0 Å². The summed E-state index contributed by atoms with van der Waals surface area (Å²) in [6, 6.07) is 15.0. The Morgan fingerprint density at radius 1 is 0.839 bits per heavy atom. The molecule has 0 aliphatic carbocycles. The van der Waals surface area contributed by atoms with Gasteiger partial charge in [0.1, 0.15) is 0 Å². The third kappa shape index (κ3) is 6.23. The maximum absolute atomic E-state index is 6.21. The number of pyridine rings is 1. The molecule has 0 atom stereocenters. The molecule has 160 valence electrons. The van der Waals surface area contributed by atoms with Crippen LogP contribution in [-0.2, 0) is 19.6 Å². The van der Waals surface area contributed by atoms with Crippen molar-refractivity contribution < 1.29 is 7.81 Å². The van der Waals surface area contributed by atoms with Crippen LogP contribution in [0.2, 0.25) is 4.94 Å². The standard InChI is InChI=1S/C25H30N2O2.CH3.Sn/c1-17-10-19(3)24(28)21(12-17)14-27(16-23-8-6-7-9-26-23)15-22-13-18(2)11-20(4)25(22)29-5;;/h6-13,28H,14-16H2,1-5H3;1H3;/q;;+3/p-1. The Bertz CT molecular complexity index is 1020. The number of ether oxygens (including phenoxy) is 1. The van der Waals surface area contributed by atoms with E-state index in [1.807, 2.05) is 18.3 Å². The monoisotopic (exact) mass is 524 g/mol. The van der Waals surface area contributed by atoms with E-state index in [0.29, 0.717) is 0 Å². The van der Waals surface area contributed by atoms with Crippen LogP contribution in [-0.4, -0.2) is 38.6 Å². The van der Waals surface area contributed by atoms with Gasteiger partial charge in [0.25, 0.3) is 0 Å². The molecule has 0 saturated heterocycles. The number of methoxy groups -OCH3 is 1. The molecule has 3 rings (SSSR count). The van der Waals surface area contributed by atoms with Crippen LogP contribution in [0.5, 0.6) is 11.5 Å². The molecule has 0 bridgehead atoms. The molecule has 3 aromatic rings. The Balaban J connectivity index is 1.99. The molecule has 31 heavy (non-hydrogen) atoms. The first-order chi connectivity index (χ1) is 14.9. The predicted molar refractivity (Wildman–Crippen MR) is 128 cm³/mol. The molecule has 2 aromatic carbocycles. The summed E-state index contributed by atoms with van der Waals surface area (Å²) in [6.45, 7) is 10.9. The van der Waals surface area contributed by atoms with Crippen molar-refractivity contribution >= 4 is 21.6 Å². The summed E-state index contributed by atoms with van der Waals surface area (Å²) in [4.78, 5) is 9.22. The molecule has 0 N–H and O–H groups in total. The first kappa shape index (κ1) is 23.6. The molecule has 1 heterocycles. The third-order valence-electron chi connectivity index (χ3n) is 5.30. The van der Waals surface area contributed by atoms with Crippen molar-refractivity contribution in [2.75, 3.05) is 7.11 Å². The number of nitrogens with zero attached hydrogens (tertiary/aromatic N) is 2. The summed E-state index contributed by atoms with van der Waals surface area (Å²) in [5.41, 5.74) is 8.42. The Labute approximate surface area is 197 Å². The first-order valence-corrected chi connectivity index (χ1v) is 14.6. The number of hydrogen-bond donors (Lipinski definition) is 0. The molecular formula is C26H32N2O2Sn+2. The SMILES string of the molecule is COc1c(C)cc(C)cc1CN(Cc1ccccn1)Cc1cc(C)cc(C)c1[O][Sn+2][CH3]. The van der Waals surface area contributed by atoms with Crippen molar-refractivity contribution in [2.24, 2.45) is 0 Å². The van der Waals surface area contributed by atoms with Gasteiger partial charge in [-0.2, -0.15) is 0 Å². The van der Waals surface area contributed by atoms with E-state index >= 15 is 0 Å². The van der Waals surface area contributed by atoms with Crippen molar-refractivity contribution in [3.05, 3.63) is 87.7 Å². The van der Waals surface area contributed by atoms with Gasteiger partial charge in [-0.1, -0.05) is 0 Å². The van der Waals surface area contributed by atoms with E-state index in [1.165, 1.54) is 33.4 Å². The summed E-state index contributed by atoms with van der Waals surface area (Å²) in [7, 11) is 1.76. The summed E-state index contributed by atoms with van der Waals surface area (Å²) in [6.07, 6.45) is 1.86. The fourth-order valence-electron chi connectivity index (χ4n) is 4.23. The van der Waals surface area contributed by atoms with Crippen LogP contribution in [0.4, 0.5) is 0 Å². The van der Waals surface area contributed by atoms with Crippen LogP contribution < -0.4 is 7.81 Å². The molecule has 0 aliphatic rings. The van der Waals surface area contributed by atoms with Gasteiger partial charge in [0.15, 0.2) is 0 Å². The third-order valence-corrected chi connectivity index (χ3v) is 6.46. The number of rotatable bonds is 9. The van der Waals surface area contributed by atoms with Gasteiger partial charge >= 0.3 is 198 Å². The topological polar surface area (TPSA) is 34.6 Å². The normalized spacial score (nSPS) is 10.8. The molecular weight excluding hydrogens is 491 g/mol. The quantitative estimate of drug-likeness (QED) is 0.344. The van der Waals surface area contributed by atoms with E-state index < -0.39 is 21.6 Å². The molecule has 0 unspecified atom stereocenters.